The van der Waals surface area contributed by atoms with E-state index >= 15 is 0 Å². The number of rotatable bonds is 34. The standard InChI is InChI=1S/C48H73ClN2O9/c1-5-31-57-36-42(37-58-32-6-2)60-46(53)20-14-10-8-7-9-11-15-27-50(29-17-18-30-52)28-16-12-13-19-33-59-47(54)35-43-38(3)51(45-26-25-41(56-4)34-44(43)45)48(55)39-21-23-40(49)24-22-39/h21-26,34,42,52H,5-20,27-33,35-37H2,1-4H3. The summed E-state index contributed by atoms with van der Waals surface area (Å²) in [4.78, 5) is 41.6. The SMILES string of the molecule is CCCOCC(COCCC)OC(=O)CCCCCCCCCN(CCCCO)CCCCCCOC(=O)Cc1c(C)n(C(=O)c2ccc(Cl)cc2)c2ccc(OC)cc12. The number of ether oxygens (including phenoxy) is 5. The van der Waals surface area contributed by atoms with E-state index in [1.165, 1.54) is 19.3 Å². The lowest BCUT2D eigenvalue weighted by atomic mass is 10.1. The van der Waals surface area contributed by atoms with E-state index in [0.717, 1.165) is 108 Å². The summed E-state index contributed by atoms with van der Waals surface area (Å²) >= 11 is 6.06. The van der Waals surface area contributed by atoms with Gasteiger partial charge in [0, 0.05) is 47.9 Å². The molecule has 0 saturated heterocycles. The smallest absolute Gasteiger partial charge is 0.310 e. The van der Waals surface area contributed by atoms with Crippen molar-refractivity contribution in [2.24, 2.45) is 0 Å². The van der Waals surface area contributed by atoms with Crippen molar-refractivity contribution in [1.29, 1.82) is 0 Å². The van der Waals surface area contributed by atoms with Crippen LogP contribution in [0.4, 0.5) is 0 Å². The van der Waals surface area contributed by atoms with Crippen LogP contribution in [-0.4, -0.2) is 105 Å². The van der Waals surface area contributed by atoms with Crippen molar-refractivity contribution in [3.63, 3.8) is 0 Å². The first-order chi connectivity index (χ1) is 29.2. The van der Waals surface area contributed by atoms with Crippen LogP contribution in [0, 0.1) is 6.92 Å². The van der Waals surface area contributed by atoms with Gasteiger partial charge in [-0.15, -0.1) is 0 Å². The molecule has 0 aliphatic carbocycles. The number of nitrogens with zero attached hydrogens (tertiary/aromatic N) is 2. The molecular weight excluding hydrogens is 784 g/mol. The minimum atomic E-state index is -0.340. The van der Waals surface area contributed by atoms with Gasteiger partial charge in [0.05, 0.1) is 38.9 Å². The molecule has 2 aromatic carbocycles. The highest BCUT2D eigenvalue weighted by Crippen LogP contribution is 2.31. The van der Waals surface area contributed by atoms with Gasteiger partial charge in [0.2, 0.25) is 0 Å². The fraction of sp³-hybridized carbons (Fsp3) is 0.646. The molecule has 3 aromatic rings. The molecule has 0 amide bonds. The fourth-order valence-electron chi connectivity index (χ4n) is 7.32. The second-order valence-electron chi connectivity index (χ2n) is 15.7. The number of carbonyl (C=O) groups excluding carboxylic acids is 3. The van der Waals surface area contributed by atoms with Gasteiger partial charge >= 0.3 is 11.9 Å². The van der Waals surface area contributed by atoms with Crippen LogP contribution in [0.1, 0.15) is 138 Å². The van der Waals surface area contributed by atoms with E-state index in [4.69, 9.17) is 35.3 Å². The Morgan fingerprint density at radius 2 is 1.32 bits per heavy atom. The third-order valence-electron chi connectivity index (χ3n) is 10.6. The lowest BCUT2D eigenvalue weighted by Gasteiger charge is -2.22. The Morgan fingerprint density at radius 3 is 1.92 bits per heavy atom. The van der Waals surface area contributed by atoms with E-state index in [1.807, 2.05) is 25.1 Å². The van der Waals surface area contributed by atoms with E-state index in [1.54, 1.807) is 35.9 Å². The zero-order valence-electron chi connectivity index (χ0n) is 37.0. The second-order valence-corrected chi connectivity index (χ2v) is 16.1. The van der Waals surface area contributed by atoms with Gasteiger partial charge in [-0.3, -0.25) is 19.0 Å². The number of benzene rings is 2. The van der Waals surface area contributed by atoms with Gasteiger partial charge in [-0.25, -0.2) is 0 Å². The van der Waals surface area contributed by atoms with Gasteiger partial charge in [-0.05, 0) is 126 Å². The number of fused-ring (bicyclic) bond motifs is 1. The van der Waals surface area contributed by atoms with E-state index in [9.17, 15) is 19.5 Å². The molecular formula is C48H73ClN2O9. The first-order valence-corrected chi connectivity index (χ1v) is 22.9. The molecule has 0 saturated carbocycles. The third-order valence-corrected chi connectivity index (χ3v) is 10.9. The Balaban J connectivity index is 1.32. The lowest BCUT2D eigenvalue weighted by molar-refractivity contribution is -0.156. The maximum Gasteiger partial charge on any atom is 0.310 e. The number of aliphatic hydroxyl groups excluding tert-OH is 1. The van der Waals surface area contributed by atoms with Crippen molar-refractivity contribution in [3.8, 4) is 5.75 Å². The zero-order chi connectivity index (χ0) is 43.4. The number of aliphatic hydroxyl groups is 1. The quantitative estimate of drug-likeness (QED) is 0.0458. The molecule has 0 radical (unpaired) electrons. The van der Waals surface area contributed by atoms with Gasteiger partial charge in [0.15, 0.2) is 0 Å². The summed E-state index contributed by atoms with van der Waals surface area (Å²) in [5.41, 5.74) is 2.65. The number of carbonyl (C=O) groups is 3. The Kier molecular flexibility index (Phi) is 25.9. The normalized spacial score (nSPS) is 11.5. The van der Waals surface area contributed by atoms with Gasteiger partial charge in [0.25, 0.3) is 5.91 Å². The van der Waals surface area contributed by atoms with Gasteiger partial charge in [-0.1, -0.05) is 70.4 Å². The van der Waals surface area contributed by atoms with Crippen LogP contribution in [0.3, 0.4) is 0 Å². The van der Waals surface area contributed by atoms with Crippen LogP contribution >= 0.6 is 11.6 Å². The minimum absolute atomic E-state index is 0.0571. The van der Waals surface area contributed by atoms with Crippen LogP contribution in [0.25, 0.3) is 10.9 Å². The van der Waals surface area contributed by atoms with Crippen LogP contribution in [0.2, 0.25) is 5.02 Å². The molecule has 1 heterocycles. The summed E-state index contributed by atoms with van der Waals surface area (Å²) in [5, 5.41) is 10.7. The molecule has 0 aliphatic rings. The summed E-state index contributed by atoms with van der Waals surface area (Å²) in [6, 6.07) is 12.3. The molecule has 11 nitrogen and oxygen atoms in total. The van der Waals surface area contributed by atoms with Crippen LogP contribution in [-0.2, 0) is 35.0 Å². The van der Waals surface area contributed by atoms with E-state index < -0.39 is 0 Å². The Morgan fingerprint density at radius 1 is 0.733 bits per heavy atom. The lowest BCUT2D eigenvalue weighted by Crippen LogP contribution is -2.29. The molecule has 336 valence electrons. The Labute approximate surface area is 364 Å². The number of unbranched alkanes of at least 4 members (excludes halogenated alkanes) is 10. The summed E-state index contributed by atoms with van der Waals surface area (Å²) in [5.74, 6) is -0.0358. The van der Waals surface area contributed by atoms with Crippen LogP contribution in [0.5, 0.6) is 5.75 Å². The number of halogens is 1. The van der Waals surface area contributed by atoms with Gasteiger partial charge in [-0.2, -0.15) is 0 Å². The predicted octanol–water partition coefficient (Wildman–Crippen LogP) is 9.91. The molecule has 1 N–H and O–H groups in total. The molecule has 0 aliphatic heterocycles. The Bertz CT molecular complexity index is 1650. The highest BCUT2D eigenvalue weighted by atomic mass is 35.5. The number of aromatic nitrogens is 1. The number of methoxy groups -OCH3 is 1. The predicted molar refractivity (Wildman–Crippen MR) is 239 cm³/mol. The summed E-state index contributed by atoms with van der Waals surface area (Å²) in [6.45, 7) is 11.7. The molecule has 0 spiro atoms. The van der Waals surface area contributed by atoms with Crippen molar-refractivity contribution < 1.29 is 43.2 Å². The fourth-order valence-corrected chi connectivity index (χ4v) is 7.44. The Hall–Kier alpha value is -3.48. The third kappa shape index (κ3) is 19.1. The summed E-state index contributed by atoms with van der Waals surface area (Å²) in [6.07, 6.45) is 15.4. The van der Waals surface area contributed by atoms with Crippen molar-refractivity contribution in [1.82, 2.24) is 9.47 Å². The zero-order valence-corrected chi connectivity index (χ0v) is 37.7. The van der Waals surface area contributed by atoms with Crippen molar-refractivity contribution in [3.05, 3.63) is 64.3 Å². The molecule has 12 heteroatoms. The average Bonchev–Trinajstić information content (AvgIpc) is 3.51. The molecule has 0 fully saturated rings. The number of esters is 2. The minimum Gasteiger partial charge on any atom is -0.497 e. The molecule has 0 atom stereocenters. The van der Waals surface area contributed by atoms with Crippen molar-refractivity contribution in [2.75, 3.05) is 66.4 Å². The first kappa shape index (κ1) is 50.9. The van der Waals surface area contributed by atoms with Crippen molar-refractivity contribution >= 4 is 40.3 Å². The summed E-state index contributed by atoms with van der Waals surface area (Å²) < 4.78 is 29.6. The second kappa shape index (κ2) is 30.5. The number of hydrogen-bond donors (Lipinski definition) is 1. The van der Waals surface area contributed by atoms with Crippen LogP contribution < -0.4 is 4.74 Å². The van der Waals surface area contributed by atoms with E-state index in [0.29, 0.717) is 67.0 Å². The molecule has 3 rings (SSSR count). The van der Waals surface area contributed by atoms with Crippen molar-refractivity contribution in [2.45, 2.75) is 136 Å². The van der Waals surface area contributed by atoms with Gasteiger partial charge < -0.3 is 33.7 Å². The largest absolute Gasteiger partial charge is 0.497 e. The topological polar surface area (TPSA) is 126 Å². The molecule has 0 unspecified atom stereocenters. The highest BCUT2D eigenvalue weighted by molar-refractivity contribution is 6.30. The monoisotopic (exact) mass is 857 g/mol. The molecule has 1 aromatic heterocycles. The van der Waals surface area contributed by atoms with Crippen LogP contribution in [0.15, 0.2) is 42.5 Å². The highest BCUT2D eigenvalue weighted by Gasteiger charge is 2.23. The molecule has 60 heavy (non-hydrogen) atoms. The average molecular weight is 858 g/mol. The van der Waals surface area contributed by atoms with E-state index in [-0.39, 0.29) is 37.0 Å². The first-order valence-electron chi connectivity index (χ1n) is 22.5. The maximum absolute atomic E-state index is 13.6. The number of hydrogen-bond acceptors (Lipinski definition) is 10. The van der Waals surface area contributed by atoms with E-state index in [2.05, 4.69) is 18.7 Å². The maximum atomic E-state index is 13.6. The summed E-state index contributed by atoms with van der Waals surface area (Å²) in [7, 11) is 1.59. The van der Waals surface area contributed by atoms with Gasteiger partial charge in [0.1, 0.15) is 11.9 Å². The molecule has 0 bridgehead atoms.